The fourth-order valence-corrected chi connectivity index (χ4v) is 4.16. The minimum atomic E-state index is -0.0699. The topological polar surface area (TPSA) is 52.6 Å². The third kappa shape index (κ3) is 4.69. The van der Waals surface area contributed by atoms with Crippen molar-refractivity contribution < 1.29 is 9.90 Å². The first-order valence-electron chi connectivity index (χ1n) is 10.00. The van der Waals surface area contributed by atoms with Gasteiger partial charge in [-0.2, -0.15) is 0 Å². The summed E-state index contributed by atoms with van der Waals surface area (Å²) in [7, 11) is 0. The minimum absolute atomic E-state index is 0.0586. The summed E-state index contributed by atoms with van der Waals surface area (Å²) in [5.74, 6) is 1.15. The van der Waals surface area contributed by atoms with Gasteiger partial charge in [-0.05, 0) is 55.0 Å². The molecule has 1 saturated carbocycles. The lowest BCUT2D eigenvalue weighted by molar-refractivity contribution is 0.0770. The molecule has 2 aliphatic rings. The number of hydrogen-bond donors (Lipinski definition) is 2. The number of carbonyl (C=O) groups is 1. The number of hydrogen-bond acceptors (Lipinski definition) is 3. The van der Waals surface area contributed by atoms with E-state index in [1.165, 1.54) is 18.4 Å². The number of amides is 1. The second-order valence-corrected chi connectivity index (χ2v) is 8.19. The van der Waals surface area contributed by atoms with Gasteiger partial charge in [0.1, 0.15) is 5.75 Å². The predicted octanol–water partition coefficient (Wildman–Crippen LogP) is 3.96. The highest BCUT2D eigenvalue weighted by Crippen LogP contribution is 2.41. The van der Waals surface area contributed by atoms with Gasteiger partial charge >= 0.3 is 0 Å². The van der Waals surface area contributed by atoms with Crippen molar-refractivity contribution in [3.63, 3.8) is 0 Å². The van der Waals surface area contributed by atoms with Gasteiger partial charge in [0.15, 0.2) is 0 Å². The van der Waals surface area contributed by atoms with Crippen LogP contribution in [0.5, 0.6) is 5.75 Å². The van der Waals surface area contributed by atoms with Crippen molar-refractivity contribution in [3.05, 3.63) is 65.7 Å². The summed E-state index contributed by atoms with van der Waals surface area (Å²) in [6.45, 7) is 2.87. The number of likely N-dealkylation sites (tertiary alicyclic amines) is 1. The Kier molecular flexibility index (Phi) is 5.17. The second kappa shape index (κ2) is 7.73. The summed E-state index contributed by atoms with van der Waals surface area (Å²) in [5.41, 5.74) is 1.90. The molecule has 142 valence electrons. The van der Waals surface area contributed by atoms with Gasteiger partial charge in [0.2, 0.25) is 0 Å². The van der Waals surface area contributed by atoms with Crippen LogP contribution in [0.4, 0.5) is 0 Å². The molecule has 4 nitrogen and oxygen atoms in total. The van der Waals surface area contributed by atoms with Crippen molar-refractivity contribution in [3.8, 4) is 5.75 Å². The average Bonchev–Trinajstić information content (AvgIpc) is 3.50. The van der Waals surface area contributed by atoms with Crippen molar-refractivity contribution in [1.82, 2.24) is 10.2 Å². The van der Waals surface area contributed by atoms with Gasteiger partial charge in [-0.15, -0.1) is 0 Å². The molecule has 2 aromatic carbocycles. The Balaban J connectivity index is 1.39. The summed E-state index contributed by atoms with van der Waals surface area (Å²) in [5, 5.41) is 12.9. The Morgan fingerprint density at radius 2 is 1.70 bits per heavy atom. The molecule has 0 unspecified atom stereocenters. The van der Waals surface area contributed by atoms with Gasteiger partial charge in [-0.25, -0.2) is 0 Å². The standard InChI is InChI=1S/C23H28N2O2/c26-21-10-8-19(9-11-21)17-25-14-12-23(13-15-25,16-18-6-7-18)24-22(27)20-4-2-1-3-5-20/h1-5,8-11,18,26H,6-7,12-17H2,(H,24,27). The van der Waals surface area contributed by atoms with Crippen LogP contribution >= 0.6 is 0 Å². The molecule has 4 heteroatoms. The highest BCUT2D eigenvalue weighted by Gasteiger charge is 2.40. The zero-order valence-electron chi connectivity index (χ0n) is 15.7. The fourth-order valence-electron chi connectivity index (χ4n) is 4.16. The first-order valence-corrected chi connectivity index (χ1v) is 10.00. The maximum Gasteiger partial charge on any atom is 0.251 e. The van der Waals surface area contributed by atoms with Crippen molar-refractivity contribution in [2.75, 3.05) is 13.1 Å². The Morgan fingerprint density at radius 1 is 1.04 bits per heavy atom. The van der Waals surface area contributed by atoms with Gasteiger partial charge in [0.25, 0.3) is 5.91 Å². The molecule has 27 heavy (non-hydrogen) atoms. The Hall–Kier alpha value is -2.33. The van der Waals surface area contributed by atoms with Crippen LogP contribution in [0.2, 0.25) is 0 Å². The number of rotatable bonds is 6. The maximum atomic E-state index is 12.8. The van der Waals surface area contributed by atoms with E-state index in [1.54, 1.807) is 12.1 Å². The number of nitrogens with zero attached hydrogens (tertiary/aromatic N) is 1. The van der Waals surface area contributed by atoms with E-state index in [-0.39, 0.29) is 11.4 Å². The minimum Gasteiger partial charge on any atom is -0.508 e. The third-order valence-corrected chi connectivity index (χ3v) is 5.95. The van der Waals surface area contributed by atoms with Crippen molar-refractivity contribution in [2.24, 2.45) is 5.92 Å². The van der Waals surface area contributed by atoms with E-state index >= 15 is 0 Å². The molecule has 0 bridgehead atoms. The molecular weight excluding hydrogens is 336 g/mol. The Labute approximate surface area is 161 Å². The zero-order chi connectivity index (χ0) is 18.7. The SMILES string of the molecule is O=C(NC1(CC2CC2)CCN(Cc2ccc(O)cc2)CC1)c1ccccc1. The lowest BCUT2D eigenvalue weighted by atomic mass is 9.82. The summed E-state index contributed by atoms with van der Waals surface area (Å²) in [4.78, 5) is 15.2. The first-order chi connectivity index (χ1) is 13.1. The van der Waals surface area contributed by atoms with E-state index in [1.807, 2.05) is 42.5 Å². The highest BCUT2D eigenvalue weighted by atomic mass is 16.3. The maximum absolute atomic E-state index is 12.8. The molecule has 0 aromatic heterocycles. The molecule has 2 aromatic rings. The molecule has 1 aliphatic carbocycles. The number of nitrogens with one attached hydrogen (secondary N) is 1. The van der Waals surface area contributed by atoms with Crippen LogP contribution in [0, 0.1) is 5.92 Å². The quantitative estimate of drug-likeness (QED) is 0.816. The van der Waals surface area contributed by atoms with Gasteiger partial charge in [0, 0.05) is 30.7 Å². The van der Waals surface area contributed by atoms with Crippen LogP contribution in [0.1, 0.15) is 48.0 Å². The summed E-state index contributed by atoms with van der Waals surface area (Å²) >= 11 is 0. The smallest absolute Gasteiger partial charge is 0.251 e. The molecule has 0 atom stereocenters. The van der Waals surface area contributed by atoms with Gasteiger partial charge in [-0.3, -0.25) is 9.69 Å². The van der Waals surface area contributed by atoms with Gasteiger partial charge in [0.05, 0.1) is 0 Å². The number of piperidine rings is 1. The van der Waals surface area contributed by atoms with E-state index in [9.17, 15) is 9.90 Å². The van der Waals surface area contributed by atoms with Crippen LogP contribution in [-0.4, -0.2) is 34.5 Å². The molecule has 2 fully saturated rings. The van der Waals surface area contributed by atoms with E-state index in [0.717, 1.165) is 50.4 Å². The number of aromatic hydroxyl groups is 1. The third-order valence-electron chi connectivity index (χ3n) is 5.95. The molecule has 1 heterocycles. The van der Waals surface area contributed by atoms with E-state index < -0.39 is 0 Å². The number of benzene rings is 2. The van der Waals surface area contributed by atoms with Crippen molar-refractivity contribution in [2.45, 2.75) is 44.2 Å². The number of carbonyl (C=O) groups excluding carboxylic acids is 1. The van der Waals surface area contributed by atoms with Crippen LogP contribution in [0.3, 0.4) is 0 Å². The summed E-state index contributed by atoms with van der Waals surface area (Å²) in [6, 6.07) is 17.0. The van der Waals surface area contributed by atoms with Gasteiger partial charge < -0.3 is 10.4 Å². The van der Waals surface area contributed by atoms with E-state index in [0.29, 0.717) is 5.75 Å². The Bertz CT molecular complexity index is 761. The highest BCUT2D eigenvalue weighted by molar-refractivity contribution is 5.94. The average molecular weight is 364 g/mol. The second-order valence-electron chi connectivity index (χ2n) is 8.19. The van der Waals surface area contributed by atoms with Crippen molar-refractivity contribution >= 4 is 5.91 Å². The molecule has 0 radical (unpaired) electrons. The molecule has 4 rings (SSSR count). The van der Waals surface area contributed by atoms with Gasteiger partial charge in [-0.1, -0.05) is 43.2 Å². The van der Waals surface area contributed by atoms with E-state index in [4.69, 9.17) is 0 Å². The molecule has 2 N–H and O–H groups in total. The van der Waals surface area contributed by atoms with Crippen LogP contribution < -0.4 is 5.32 Å². The molecule has 1 saturated heterocycles. The zero-order valence-corrected chi connectivity index (χ0v) is 15.7. The number of phenols is 1. The fraction of sp³-hybridized carbons (Fsp3) is 0.435. The lowest BCUT2D eigenvalue weighted by Gasteiger charge is -2.43. The summed E-state index contributed by atoms with van der Waals surface area (Å²) < 4.78 is 0. The lowest BCUT2D eigenvalue weighted by Crippen LogP contribution is -2.55. The Morgan fingerprint density at radius 3 is 2.33 bits per heavy atom. The molecule has 1 amide bonds. The largest absolute Gasteiger partial charge is 0.508 e. The number of phenolic OH excluding ortho intramolecular Hbond substituents is 1. The predicted molar refractivity (Wildman–Crippen MR) is 107 cm³/mol. The molecule has 0 spiro atoms. The van der Waals surface area contributed by atoms with Crippen molar-refractivity contribution in [1.29, 1.82) is 0 Å². The van der Waals surface area contributed by atoms with E-state index in [2.05, 4.69) is 10.2 Å². The van der Waals surface area contributed by atoms with Crippen LogP contribution in [-0.2, 0) is 6.54 Å². The summed E-state index contributed by atoms with van der Waals surface area (Å²) in [6.07, 6.45) is 5.72. The van der Waals surface area contributed by atoms with Crippen LogP contribution in [0.25, 0.3) is 0 Å². The molecular formula is C23H28N2O2. The molecule has 1 aliphatic heterocycles. The van der Waals surface area contributed by atoms with Crippen LogP contribution in [0.15, 0.2) is 54.6 Å². The monoisotopic (exact) mass is 364 g/mol. The first kappa shape index (κ1) is 18.1. The normalized spacial score (nSPS) is 19.6.